The lowest BCUT2D eigenvalue weighted by molar-refractivity contribution is 0.0943. The summed E-state index contributed by atoms with van der Waals surface area (Å²) < 4.78 is 0. The molecule has 0 radical (unpaired) electrons. The SMILES string of the molecule is CCCC(C#N)C(=O)c1cccc(Cl)c1. The molecular formula is C12H12ClNO. The van der Waals surface area contributed by atoms with E-state index in [1.165, 1.54) is 0 Å². The zero-order valence-electron chi connectivity index (χ0n) is 8.53. The second-order valence-electron chi connectivity index (χ2n) is 3.34. The van der Waals surface area contributed by atoms with Crippen molar-refractivity contribution in [3.63, 3.8) is 0 Å². The molecule has 0 saturated carbocycles. The van der Waals surface area contributed by atoms with Crippen LogP contribution in [0, 0.1) is 17.2 Å². The number of nitrogens with zero attached hydrogens (tertiary/aromatic N) is 1. The van der Waals surface area contributed by atoms with Gasteiger partial charge in [0.05, 0.1) is 6.07 Å². The fraction of sp³-hybridized carbons (Fsp3) is 0.333. The summed E-state index contributed by atoms with van der Waals surface area (Å²) in [6, 6.07) is 8.74. The van der Waals surface area contributed by atoms with Crippen LogP contribution in [0.5, 0.6) is 0 Å². The van der Waals surface area contributed by atoms with Gasteiger partial charge in [0.1, 0.15) is 5.92 Å². The number of Topliss-reactive ketones (excluding diaryl/α,β-unsaturated/α-hetero) is 1. The van der Waals surface area contributed by atoms with Gasteiger partial charge in [-0.1, -0.05) is 37.1 Å². The Morgan fingerprint density at radius 1 is 1.60 bits per heavy atom. The summed E-state index contributed by atoms with van der Waals surface area (Å²) in [5.41, 5.74) is 0.516. The van der Waals surface area contributed by atoms with E-state index in [-0.39, 0.29) is 5.78 Å². The number of carbonyl (C=O) groups excluding carboxylic acids is 1. The van der Waals surface area contributed by atoms with E-state index in [9.17, 15) is 4.79 Å². The van der Waals surface area contributed by atoms with Crippen molar-refractivity contribution in [2.75, 3.05) is 0 Å². The van der Waals surface area contributed by atoms with E-state index in [4.69, 9.17) is 16.9 Å². The summed E-state index contributed by atoms with van der Waals surface area (Å²) in [6.45, 7) is 1.95. The van der Waals surface area contributed by atoms with Crippen LogP contribution in [0.4, 0.5) is 0 Å². The maximum absolute atomic E-state index is 11.8. The smallest absolute Gasteiger partial charge is 0.180 e. The second kappa shape index (κ2) is 5.53. The molecule has 1 atom stereocenters. The number of hydrogen-bond donors (Lipinski definition) is 0. The van der Waals surface area contributed by atoms with E-state index >= 15 is 0 Å². The average Bonchev–Trinajstić information content (AvgIpc) is 2.25. The van der Waals surface area contributed by atoms with Gasteiger partial charge in [0.15, 0.2) is 5.78 Å². The Morgan fingerprint density at radius 2 is 2.33 bits per heavy atom. The van der Waals surface area contributed by atoms with Gasteiger partial charge in [-0.25, -0.2) is 0 Å². The highest BCUT2D eigenvalue weighted by atomic mass is 35.5. The number of ketones is 1. The van der Waals surface area contributed by atoms with Gasteiger partial charge >= 0.3 is 0 Å². The van der Waals surface area contributed by atoms with Crippen molar-refractivity contribution in [1.29, 1.82) is 5.26 Å². The molecular weight excluding hydrogens is 210 g/mol. The lowest BCUT2D eigenvalue weighted by Gasteiger charge is -2.06. The molecule has 0 fully saturated rings. The topological polar surface area (TPSA) is 40.9 Å². The van der Waals surface area contributed by atoms with Crippen molar-refractivity contribution in [3.05, 3.63) is 34.9 Å². The van der Waals surface area contributed by atoms with Crippen LogP contribution in [0.2, 0.25) is 5.02 Å². The van der Waals surface area contributed by atoms with Gasteiger partial charge in [0, 0.05) is 10.6 Å². The minimum atomic E-state index is -0.548. The quantitative estimate of drug-likeness (QED) is 0.731. The number of halogens is 1. The molecule has 0 bridgehead atoms. The Labute approximate surface area is 94.5 Å². The van der Waals surface area contributed by atoms with E-state index in [1.54, 1.807) is 24.3 Å². The second-order valence-corrected chi connectivity index (χ2v) is 3.78. The van der Waals surface area contributed by atoms with Crippen molar-refractivity contribution in [2.45, 2.75) is 19.8 Å². The molecule has 3 heteroatoms. The molecule has 0 aliphatic rings. The van der Waals surface area contributed by atoms with Crippen molar-refractivity contribution in [3.8, 4) is 6.07 Å². The van der Waals surface area contributed by atoms with Crippen molar-refractivity contribution in [1.82, 2.24) is 0 Å². The van der Waals surface area contributed by atoms with Crippen molar-refractivity contribution in [2.24, 2.45) is 5.92 Å². The van der Waals surface area contributed by atoms with Crippen LogP contribution in [0.25, 0.3) is 0 Å². The molecule has 0 amide bonds. The first-order valence-electron chi connectivity index (χ1n) is 4.88. The van der Waals surface area contributed by atoms with Crippen LogP contribution in [-0.4, -0.2) is 5.78 Å². The molecule has 0 N–H and O–H groups in total. The monoisotopic (exact) mass is 221 g/mol. The largest absolute Gasteiger partial charge is 0.293 e. The molecule has 0 aliphatic heterocycles. The van der Waals surface area contributed by atoms with E-state index in [2.05, 4.69) is 0 Å². The molecule has 1 unspecified atom stereocenters. The van der Waals surface area contributed by atoms with Crippen molar-refractivity contribution >= 4 is 17.4 Å². The highest BCUT2D eigenvalue weighted by Gasteiger charge is 2.18. The molecule has 0 heterocycles. The molecule has 15 heavy (non-hydrogen) atoms. The van der Waals surface area contributed by atoms with Gasteiger partial charge in [0.2, 0.25) is 0 Å². The fourth-order valence-electron chi connectivity index (χ4n) is 1.39. The summed E-state index contributed by atoms with van der Waals surface area (Å²) in [5.74, 6) is -0.685. The van der Waals surface area contributed by atoms with Gasteiger partial charge in [-0.15, -0.1) is 0 Å². The zero-order chi connectivity index (χ0) is 11.3. The summed E-state index contributed by atoms with van der Waals surface area (Å²) in [7, 11) is 0. The van der Waals surface area contributed by atoms with Crippen LogP contribution in [0.15, 0.2) is 24.3 Å². The summed E-state index contributed by atoms with van der Waals surface area (Å²) >= 11 is 5.78. The normalized spacial score (nSPS) is 11.8. The number of carbonyl (C=O) groups is 1. The van der Waals surface area contributed by atoms with Crippen LogP contribution >= 0.6 is 11.6 Å². The van der Waals surface area contributed by atoms with Crippen LogP contribution in [-0.2, 0) is 0 Å². The first kappa shape index (κ1) is 11.7. The Hall–Kier alpha value is -1.33. The average molecular weight is 222 g/mol. The Balaban J connectivity index is 2.89. The standard InChI is InChI=1S/C12H12ClNO/c1-2-4-10(8-14)12(15)9-5-3-6-11(13)7-9/h3,5-7,10H,2,4H2,1H3. The minimum Gasteiger partial charge on any atom is -0.293 e. The lowest BCUT2D eigenvalue weighted by atomic mass is 9.95. The van der Waals surface area contributed by atoms with Crippen molar-refractivity contribution < 1.29 is 4.79 Å². The van der Waals surface area contributed by atoms with Gasteiger partial charge in [0.25, 0.3) is 0 Å². The lowest BCUT2D eigenvalue weighted by Crippen LogP contribution is -2.12. The van der Waals surface area contributed by atoms with Gasteiger partial charge < -0.3 is 0 Å². The fourth-order valence-corrected chi connectivity index (χ4v) is 1.58. The third-order valence-electron chi connectivity index (χ3n) is 2.16. The third kappa shape index (κ3) is 3.07. The molecule has 78 valence electrons. The highest BCUT2D eigenvalue weighted by molar-refractivity contribution is 6.31. The molecule has 0 spiro atoms. The van der Waals surface area contributed by atoms with E-state index in [0.717, 1.165) is 6.42 Å². The minimum absolute atomic E-state index is 0.137. The maximum Gasteiger partial charge on any atom is 0.180 e. The molecule has 0 saturated heterocycles. The van der Waals surface area contributed by atoms with E-state index in [1.807, 2.05) is 13.0 Å². The predicted molar refractivity (Wildman–Crippen MR) is 59.8 cm³/mol. The van der Waals surface area contributed by atoms with Crippen LogP contribution in [0.1, 0.15) is 30.1 Å². The van der Waals surface area contributed by atoms with Gasteiger partial charge in [-0.3, -0.25) is 4.79 Å². The highest BCUT2D eigenvalue weighted by Crippen LogP contribution is 2.17. The molecule has 0 aromatic heterocycles. The number of nitriles is 1. The van der Waals surface area contributed by atoms with Crippen LogP contribution in [0.3, 0.4) is 0 Å². The van der Waals surface area contributed by atoms with Gasteiger partial charge in [-0.05, 0) is 18.6 Å². The number of rotatable bonds is 4. The molecule has 1 rings (SSSR count). The van der Waals surface area contributed by atoms with Gasteiger partial charge in [-0.2, -0.15) is 5.26 Å². The first-order chi connectivity index (χ1) is 7.19. The predicted octanol–water partition coefficient (Wildman–Crippen LogP) is 3.46. The maximum atomic E-state index is 11.8. The Kier molecular flexibility index (Phi) is 4.33. The Bertz CT molecular complexity index is 395. The van der Waals surface area contributed by atoms with E-state index in [0.29, 0.717) is 17.0 Å². The van der Waals surface area contributed by atoms with Crippen LogP contribution < -0.4 is 0 Å². The van der Waals surface area contributed by atoms with E-state index < -0.39 is 5.92 Å². The number of hydrogen-bond acceptors (Lipinski definition) is 2. The summed E-state index contributed by atoms with van der Waals surface area (Å²) in [5, 5.41) is 9.38. The molecule has 1 aromatic carbocycles. The molecule has 1 aromatic rings. The zero-order valence-corrected chi connectivity index (χ0v) is 9.29. The third-order valence-corrected chi connectivity index (χ3v) is 2.39. The molecule has 0 aliphatic carbocycles. The number of benzene rings is 1. The summed E-state index contributed by atoms with van der Waals surface area (Å²) in [6.07, 6.45) is 1.42. The first-order valence-corrected chi connectivity index (χ1v) is 5.26. The Morgan fingerprint density at radius 3 is 2.87 bits per heavy atom. The summed E-state index contributed by atoms with van der Waals surface area (Å²) in [4.78, 5) is 11.8. The molecule has 2 nitrogen and oxygen atoms in total.